The first-order valence-electron chi connectivity index (χ1n) is 6.58. The number of nitrogens with one attached hydrogen (secondary N) is 1. The molecule has 1 amide bonds. The lowest BCUT2D eigenvalue weighted by Gasteiger charge is -2.13. The number of thiophene rings is 1. The molecule has 1 aliphatic rings. The number of carboxylic acids is 1. The Morgan fingerprint density at radius 1 is 1.33 bits per heavy atom. The lowest BCUT2D eigenvalue weighted by Crippen LogP contribution is -2.43. The van der Waals surface area contributed by atoms with Gasteiger partial charge in [-0.3, -0.25) is 9.78 Å². The van der Waals surface area contributed by atoms with Crippen LogP contribution in [0.1, 0.15) is 28.9 Å². The number of aliphatic carboxylic acids is 1. The maximum absolute atomic E-state index is 12.2. The topological polar surface area (TPSA) is 79.3 Å². The minimum atomic E-state index is -1.07. The van der Waals surface area contributed by atoms with E-state index in [1.54, 1.807) is 30.4 Å². The molecule has 0 unspecified atom stereocenters. The number of carbonyl (C=O) groups is 2. The molecule has 2 heterocycles. The van der Waals surface area contributed by atoms with Crippen LogP contribution in [-0.4, -0.2) is 27.5 Å². The van der Waals surface area contributed by atoms with Gasteiger partial charge in [0.1, 0.15) is 5.54 Å². The molecular weight excluding hydrogens is 288 g/mol. The lowest BCUT2D eigenvalue weighted by atomic mass is 10.1. The number of amides is 1. The second-order valence-electron chi connectivity index (χ2n) is 5.18. The van der Waals surface area contributed by atoms with Crippen LogP contribution in [0.15, 0.2) is 29.0 Å². The van der Waals surface area contributed by atoms with Crippen molar-refractivity contribution in [1.29, 1.82) is 0 Å². The zero-order valence-electron chi connectivity index (χ0n) is 11.4. The van der Waals surface area contributed by atoms with Crippen molar-refractivity contribution in [1.82, 2.24) is 10.3 Å². The highest BCUT2D eigenvalue weighted by Crippen LogP contribution is 2.36. The fraction of sp³-hybridized carbons (Fsp3) is 0.267. The van der Waals surface area contributed by atoms with Gasteiger partial charge < -0.3 is 10.4 Å². The van der Waals surface area contributed by atoms with Gasteiger partial charge in [0.05, 0.1) is 17.0 Å². The van der Waals surface area contributed by atoms with Crippen molar-refractivity contribution < 1.29 is 14.7 Å². The van der Waals surface area contributed by atoms with Gasteiger partial charge in [-0.05, 0) is 43.3 Å². The second-order valence-corrected chi connectivity index (χ2v) is 5.96. The Hall–Kier alpha value is -2.21. The van der Waals surface area contributed by atoms with E-state index in [0.29, 0.717) is 24.1 Å². The zero-order chi connectivity index (χ0) is 15.0. The van der Waals surface area contributed by atoms with E-state index in [2.05, 4.69) is 10.3 Å². The maximum Gasteiger partial charge on any atom is 0.329 e. The molecule has 2 N–H and O–H groups in total. The van der Waals surface area contributed by atoms with Crippen LogP contribution in [0, 0.1) is 6.92 Å². The molecule has 21 heavy (non-hydrogen) atoms. The van der Waals surface area contributed by atoms with Crippen molar-refractivity contribution >= 4 is 23.2 Å². The predicted molar refractivity (Wildman–Crippen MR) is 79.4 cm³/mol. The van der Waals surface area contributed by atoms with Crippen molar-refractivity contribution in [2.24, 2.45) is 0 Å². The van der Waals surface area contributed by atoms with Crippen LogP contribution < -0.4 is 5.32 Å². The normalized spacial score (nSPS) is 15.5. The third kappa shape index (κ3) is 2.54. The number of carboxylic acid groups (broad SMARTS) is 1. The van der Waals surface area contributed by atoms with Crippen molar-refractivity contribution in [2.75, 3.05) is 0 Å². The third-order valence-corrected chi connectivity index (χ3v) is 4.34. The van der Waals surface area contributed by atoms with Gasteiger partial charge in [0, 0.05) is 10.9 Å². The van der Waals surface area contributed by atoms with E-state index >= 15 is 0 Å². The van der Waals surface area contributed by atoms with Crippen LogP contribution in [-0.2, 0) is 4.79 Å². The minimum Gasteiger partial charge on any atom is -0.480 e. The molecular formula is C15H14N2O3S. The zero-order valence-corrected chi connectivity index (χ0v) is 12.2. The first-order valence-corrected chi connectivity index (χ1v) is 7.52. The number of rotatable bonds is 4. The Morgan fingerprint density at radius 3 is 2.62 bits per heavy atom. The summed E-state index contributed by atoms with van der Waals surface area (Å²) in [4.78, 5) is 27.8. The maximum atomic E-state index is 12.2. The van der Waals surface area contributed by atoms with E-state index in [-0.39, 0.29) is 5.91 Å². The van der Waals surface area contributed by atoms with E-state index in [0.717, 1.165) is 11.3 Å². The summed E-state index contributed by atoms with van der Waals surface area (Å²) in [5.74, 6) is -1.35. The molecule has 108 valence electrons. The summed E-state index contributed by atoms with van der Waals surface area (Å²) in [5.41, 5.74) is 1.76. The first kappa shape index (κ1) is 13.8. The molecule has 6 heteroatoms. The SMILES string of the molecule is Cc1nc(-c2ccsc2)ccc1C(=O)NC1(C(=O)O)CC1. The van der Waals surface area contributed by atoms with Crippen LogP contribution in [0.3, 0.4) is 0 Å². The number of aryl methyl sites for hydroxylation is 1. The van der Waals surface area contributed by atoms with Crippen LogP contribution in [0.4, 0.5) is 0 Å². The third-order valence-electron chi connectivity index (χ3n) is 3.66. The van der Waals surface area contributed by atoms with Crippen molar-refractivity contribution in [3.05, 3.63) is 40.2 Å². The van der Waals surface area contributed by atoms with Crippen LogP contribution in [0.25, 0.3) is 11.3 Å². The average Bonchev–Trinajstić information content (AvgIpc) is 3.02. The molecule has 2 aromatic heterocycles. The molecule has 0 saturated heterocycles. The van der Waals surface area contributed by atoms with Crippen LogP contribution in [0.5, 0.6) is 0 Å². The molecule has 0 radical (unpaired) electrons. The smallest absolute Gasteiger partial charge is 0.329 e. The Kier molecular flexibility index (Phi) is 3.25. The van der Waals surface area contributed by atoms with Crippen LogP contribution in [0.2, 0.25) is 0 Å². The highest BCUT2D eigenvalue weighted by atomic mass is 32.1. The average molecular weight is 302 g/mol. The van der Waals surface area contributed by atoms with E-state index in [1.165, 1.54) is 0 Å². The Labute approximate surface area is 125 Å². The summed E-state index contributed by atoms with van der Waals surface area (Å²) in [7, 11) is 0. The number of nitrogens with zero attached hydrogens (tertiary/aromatic N) is 1. The summed E-state index contributed by atoms with van der Waals surface area (Å²) in [6.07, 6.45) is 0.959. The number of pyridine rings is 1. The van der Waals surface area contributed by atoms with Gasteiger partial charge in [-0.1, -0.05) is 0 Å². The van der Waals surface area contributed by atoms with E-state index in [1.807, 2.05) is 16.8 Å². The molecule has 0 atom stereocenters. The Balaban J connectivity index is 1.83. The quantitative estimate of drug-likeness (QED) is 0.909. The minimum absolute atomic E-state index is 0.378. The molecule has 0 bridgehead atoms. The van der Waals surface area contributed by atoms with Gasteiger partial charge in [-0.2, -0.15) is 11.3 Å². The Morgan fingerprint density at radius 2 is 2.10 bits per heavy atom. The molecule has 0 aromatic carbocycles. The predicted octanol–water partition coefficient (Wildman–Crippen LogP) is 2.47. The first-order chi connectivity index (χ1) is 10.0. The van der Waals surface area contributed by atoms with Gasteiger partial charge in [0.2, 0.25) is 0 Å². The molecule has 5 nitrogen and oxygen atoms in total. The fourth-order valence-electron chi connectivity index (χ4n) is 2.17. The van der Waals surface area contributed by atoms with E-state index < -0.39 is 11.5 Å². The monoisotopic (exact) mass is 302 g/mol. The molecule has 1 saturated carbocycles. The Bertz CT molecular complexity index is 706. The largest absolute Gasteiger partial charge is 0.480 e. The second kappa shape index (κ2) is 4.96. The van der Waals surface area contributed by atoms with Crippen molar-refractivity contribution in [3.63, 3.8) is 0 Å². The molecule has 3 rings (SSSR count). The number of hydrogen-bond donors (Lipinski definition) is 2. The number of hydrogen-bond acceptors (Lipinski definition) is 4. The summed E-state index contributed by atoms with van der Waals surface area (Å²) in [6.45, 7) is 1.76. The highest BCUT2D eigenvalue weighted by molar-refractivity contribution is 7.08. The summed E-state index contributed by atoms with van der Waals surface area (Å²) < 4.78 is 0. The van der Waals surface area contributed by atoms with E-state index in [9.17, 15) is 9.59 Å². The molecule has 1 aliphatic carbocycles. The van der Waals surface area contributed by atoms with Crippen molar-refractivity contribution in [2.45, 2.75) is 25.3 Å². The van der Waals surface area contributed by atoms with Gasteiger partial charge in [0.15, 0.2) is 0 Å². The standard InChI is InChI=1S/C15H14N2O3S/c1-9-11(13(18)17-15(5-6-15)14(19)20)2-3-12(16-9)10-4-7-21-8-10/h2-4,7-8H,5-6H2,1H3,(H,17,18)(H,19,20). The summed E-state index contributed by atoms with van der Waals surface area (Å²) in [5, 5.41) is 15.7. The summed E-state index contributed by atoms with van der Waals surface area (Å²) in [6, 6.07) is 5.45. The molecule has 1 fully saturated rings. The lowest BCUT2D eigenvalue weighted by molar-refractivity contribution is -0.140. The number of aromatic nitrogens is 1. The number of carbonyl (C=O) groups excluding carboxylic acids is 1. The molecule has 0 aliphatic heterocycles. The van der Waals surface area contributed by atoms with Gasteiger partial charge in [-0.15, -0.1) is 0 Å². The summed E-state index contributed by atoms with van der Waals surface area (Å²) >= 11 is 1.59. The van der Waals surface area contributed by atoms with Gasteiger partial charge in [0.25, 0.3) is 5.91 Å². The van der Waals surface area contributed by atoms with Gasteiger partial charge >= 0.3 is 5.97 Å². The van der Waals surface area contributed by atoms with Crippen molar-refractivity contribution in [3.8, 4) is 11.3 Å². The van der Waals surface area contributed by atoms with E-state index in [4.69, 9.17) is 5.11 Å². The molecule has 2 aromatic rings. The van der Waals surface area contributed by atoms with Crippen LogP contribution >= 0.6 is 11.3 Å². The highest BCUT2D eigenvalue weighted by Gasteiger charge is 2.51. The molecule has 0 spiro atoms. The van der Waals surface area contributed by atoms with Gasteiger partial charge in [-0.25, -0.2) is 4.79 Å². The fourth-order valence-corrected chi connectivity index (χ4v) is 2.82.